The molecule has 5 aromatic rings. The molecular formula is C18H10FN7OS. The molecule has 0 radical (unpaired) electrons. The molecule has 0 aliphatic heterocycles. The Balaban J connectivity index is 1.53. The highest BCUT2D eigenvalue weighted by molar-refractivity contribution is 7.99. The summed E-state index contributed by atoms with van der Waals surface area (Å²) >= 11 is 1.23. The third-order valence-electron chi connectivity index (χ3n) is 3.84. The lowest BCUT2D eigenvalue weighted by Gasteiger charge is -2.05. The van der Waals surface area contributed by atoms with Gasteiger partial charge < -0.3 is 4.42 Å². The van der Waals surface area contributed by atoms with Gasteiger partial charge in [0.15, 0.2) is 0 Å². The Morgan fingerprint density at radius 2 is 1.86 bits per heavy atom. The molecule has 4 aromatic heterocycles. The monoisotopic (exact) mass is 391 g/mol. The Hall–Kier alpha value is -3.66. The van der Waals surface area contributed by atoms with Crippen LogP contribution in [0.1, 0.15) is 0 Å². The summed E-state index contributed by atoms with van der Waals surface area (Å²) in [5.74, 6) is 0.425. The first-order valence-corrected chi connectivity index (χ1v) is 8.97. The van der Waals surface area contributed by atoms with Gasteiger partial charge in [0.25, 0.3) is 16.9 Å². The van der Waals surface area contributed by atoms with Gasteiger partial charge in [-0.3, -0.25) is 4.98 Å². The van der Waals surface area contributed by atoms with E-state index >= 15 is 0 Å². The van der Waals surface area contributed by atoms with Crippen LogP contribution in [0.4, 0.5) is 4.39 Å². The minimum atomic E-state index is -0.310. The van der Waals surface area contributed by atoms with Crippen molar-refractivity contribution in [2.75, 3.05) is 0 Å². The molecule has 0 aliphatic rings. The van der Waals surface area contributed by atoms with E-state index in [1.165, 1.54) is 30.2 Å². The van der Waals surface area contributed by atoms with Crippen molar-refractivity contribution in [3.05, 3.63) is 66.9 Å². The van der Waals surface area contributed by atoms with Crippen LogP contribution >= 0.6 is 11.8 Å². The van der Waals surface area contributed by atoms with Gasteiger partial charge in [0.2, 0.25) is 0 Å². The highest BCUT2D eigenvalue weighted by atomic mass is 32.2. The molecule has 0 saturated carbocycles. The predicted molar refractivity (Wildman–Crippen MR) is 97.8 cm³/mol. The normalized spacial score (nSPS) is 11.2. The molecule has 8 nitrogen and oxygen atoms in total. The molecule has 4 heterocycles. The molecule has 5 rings (SSSR count). The van der Waals surface area contributed by atoms with Crippen LogP contribution in [0, 0.1) is 5.82 Å². The minimum absolute atomic E-state index is 0.310. The molecule has 136 valence electrons. The molecule has 0 amide bonds. The molecule has 0 saturated heterocycles. The Labute approximate surface area is 161 Å². The largest absolute Gasteiger partial charge is 0.409 e. The summed E-state index contributed by atoms with van der Waals surface area (Å²) in [5, 5.41) is 13.3. The first kappa shape index (κ1) is 16.5. The summed E-state index contributed by atoms with van der Waals surface area (Å²) in [7, 11) is 0. The van der Waals surface area contributed by atoms with Gasteiger partial charge in [-0.15, -0.1) is 10.2 Å². The van der Waals surface area contributed by atoms with E-state index in [1.54, 1.807) is 28.9 Å². The zero-order chi connectivity index (χ0) is 18.9. The van der Waals surface area contributed by atoms with E-state index in [9.17, 15) is 4.39 Å². The van der Waals surface area contributed by atoms with Crippen LogP contribution in [-0.2, 0) is 0 Å². The minimum Gasteiger partial charge on any atom is -0.409 e. The summed E-state index contributed by atoms with van der Waals surface area (Å²) in [6.45, 7) is 0. The quantitative estimate of drug-likeness (QED) is 0.430. The first-order chi connectivity index (χ1) is 13.8. The molecule has 1 aromatic carbocycles. The van der Waals surface area contributed by atoms with Crippen LogP contribution in [0.5, 0.6) is 0 Å². The number of hydrogen-bond donors (Lipinski definition) is 0. The molecule has 28 heavy (non-hydrogen) atoms. The second-order valence-corrected chi connectivity index (χ2v) is 6.62. The number of hydrogen-bond acceptors (Lipinski definition) is 8. The number of benzene rings is 1. The average molecular weight is 391 g/mol. The molecule has 0 N–H and O–H groups in total. The summed E-state index contributed by atoms with van der Waals surface area (Å²) in [6.07, 6.45) is 3.07. The fourth-order valence-corrected chi connectivity index (χ4v) is 3.33. The molecular weight excluding hydrogens is 381 g/mol. The Morgan fingerprint density at radius 3 is 2.68 bits per heavy atom. The van der Waals surface area contributed by atoms with E-state index in [2.05, 4.69) is 30.2 Å². The van der Waals surface area contributed by atoms with Crippen LogP contribution in [0.3, 0.4) is 0 Å². The fraction of sp³-hybridized carbons (Fsp3) is 0. The molecule has 0 atom stereocenters. The van der Waals surface area contributed by atoms with Gasteiger partial charge in [0.05, 0.1) is 5.69 Å². The van der Waals surface area contributed by atoms with Gasteiger partial charge in [-0.05, 0) is 54.2 Å². The van der Waals surface area contributed by atoms with Gasteiger partial charge in [0, 0.05) is 11.8 Å². The maximum absolute atomic E-state index is 13.2. The summed E-state index contributed by atoms with van der Waals surface area (Å²) < 4.78 is 20.5. The van der Waals surface area contributed by atoms with E-state index < -0.39 is 0 Å². The van der Waals surface area contributed by atoms with E-state index in [1.807, 2.05) is 18.2 Å². The van der Waals surface area contributed by atoms with Crippen molar-refractivity contribution in [1.82, 2.24) is 34.8 Å². The van der Waals surface area contributed by atoms with Crippen molar-refractivity contribution < 1.29 is 8.81 Å². The predicted octanol–water partition coefficient (Wildman–Crippen LogP) is 3.53. The van der Waals surface area contributed by atoms with Gasteiger partial charge in [-0.2, -0.15) is 14.6 Å². The number of fused-ring (bicyclic) bond motifs is 1. The Bertz CT molecular complexity index is 1250. The number of halogens is 1. The Morgan fingerprint density at radius 1 is 0.964 bits per heavy atom. The third kappa shape index (κ3) is 3.09. The highest BCUT2D eigenvalue weighted by Gasteiger charge is 2.15. The Kier molecular flexibility index (Phi) is 4.02. The molecule has 0 fully saturated rings. The fourth-order valence-electron chi connectivity index (χ4n) is 2.56. The lowest BCUT2D eigenvalue weighted by Crippen LogP contribution is -1.97. The molecule has 10 heteroatoms. The molecule has 0 aliphatic carbocycles. The van der Waals surface area contributed by atoms with Crippen LogP contribution in [0.25, 0.3) is 28.6 Å². The van der Waals surface area contributed by atoms with Gasteiger partial charge in [-0.1, -0.05) is 6.07 Å². The van der Waals surface area contributed by atoms with Crippen molar-refractivity contribution in [3.63, 3.8) is 0 Å². The van der Waals surface area contributed by atoms with Gasteiger partial charge in [-0.25, -0.2) is 9.37 Å². The van der Waals surface area contributed by atoms with Crippen molar-refractivity contribution in [2.45, 2.75) is 10.2 Å². The number of aromatic nitrogens is 7. The van der Waals surface area contributed by atoms with Crippen molar-refractivity contribution >= 4 is 17.5 Å². The number of nitrogens with zero attached hydrogens (tertiary/aromatic N) is 7. The van der Waals surface area contributed by atoms with Crippen LogP contribution in [0.15, 0.2) is 75.7 Å². The van der Waals surface area contributed by atoms with Crippen LogP contribution in [-0.4, -0.2) is 34.8 Å². The van der Waals surface area contributed by atoms with E-state index in [4.69, 9.17) is 4.42 Å². The number of pyridine rings is 1. The SMILES string of the molecule is Fc1ccc(-c2cc(Sc3nnc(-c4ccccn4)o3)n3ncnc3n2)cc1. The topological polar surface area (TPSA) is 94.9 Å². The second-order valence-electron chi connectivity index (χ2n) is 5.65. The maximum Gasteiger partial charge on any atom is 0.283 e. The zero-order valence-electron chi connectivity index (χ0n) is 14.1. The first-order valence-electron chi connectivity index (χ1n) is 8.16. The zero-order valence-corrected chi connectivity index (χ0v) is 14.9. The summed E-state index contributed by atoms with van der Waals surface area (Å²) in [4.78, 5) is 12.8. The number of rotatable bonds is 4. The van der Waals surface area contributed by atoms with Crippen LogP contribution in [0.2, 0.25) is 0 Å². The molecule has 0 bridgehead atoms. The van der Waals surface area contributed by atoms with E-state index in [0.29, 0.717) is 33.3 Å². The summed E-state index contributed by atoms with van der Waals surface area (Å²) in [5.41, 5.74) is 1.98. The van der Waals surface area contributed by atoms with E-state index in [-0.39, 0.29) is 5.82 Å². The van der Waals surface area contributed by atoms with Crippen molar-refractivity contribution in [3.8, 4) is 22.8 Å². The summed E-state index contributed by atoms with van der Waals surface area (Å²) in [6, 6.07) is 13.3. The highest BCUT2D eigenvalue weighted by Crippen LogP contribution is 2.31. The smallest absolute Gasteiger partial charge is 0.283 e. The second kappa shape index (κ2) is 6.82. The molecule has 0 spiro atoms. The van der Waals surface area contributed by atoms with Gasteiger partial charge in [0.1, 0.15) is 22.9 Å². The average Bonchev–Trinajstić information content (AvgIpc) is 3.39. The van der Waals surface area contributed by atoms with E-state index in [0.717, 1.165) is 5.56 Å². The van der Waals surface area contributed by atoms with Crippen molar-refractivity contribution in [1.29, 1.82) is 0 Å². The lowest BCUT2D eigenvalue weighted by molar-refractivity contribution is 0.464. The van der Waals surface area contributed by atoms with Crippen molar-refractivity contribution in [2.24, 2.45) is 0 Å². The van der Waals surface area contributed by atoms with Gasteiger partial charge >= 0.3 is 0 Å². The standard InChI is InChI=1S/C18H10FN7OS/c19-12-6-4-11(5-7-12)14-9-15(26-17(23-14)21-10-22-26)28-18-25-24-16(27-18)13-3-1-2-8-20-13/h1-10H. The van der Waals surface area contributed by atoms with Crippen LogP contribution < -0.4 is 0 Å². The maximum atomic E-state index is 13.2. The molecule has 0 unspecified atom stereocenters. The lowest BCUT2D eigenvalue weighted by atomic mass is 10.1. The third-order valence-corrected chi connectivity index (χ3v) is 4.68.